The van der Waals surface area contributed by atoms with Crippen molar-refractivity contribution in [3.63, 3.8) is 0 Å². The zero-order valence-electron chi connectivity index (χ0n) is 11.7. The van der Waals surface area contributed by atoms with Gasteiger partial charge in [0.1, 0.15) is 11.6 Å². The lowest BCUT2D eigenvalue weighted by atomic mass is 9.88. The van der Waals surface area contributed by atoms with Crippen LogP contribution in [0.2, 0.25) is 0 Å². The van der Waals surface area contributed by atoms with Gasteiger partial charge in [-0.15, -0.1) is 0 Å². The normalized spacial score (nSPS) is 27.8. The van der Waals surface area contributed by atoms with Gasteiger partial charge in [0.25, 0.3) is 5.91 Å². The number of carbonyl (C=O) groups excluding carboxylic acids is 1. The molecule has 3 nitrogen and oxygen atoms in total. The predicted octanol–water partition coefficient (Wildman–Crippen LogP) is 3.04. The summed E-state index contributed by atoms with van der Waals surface area (Å²) in [5.74, 6) is 1.16. The summed E-state index contributed by atoms with van der Waals surface area (Å²) < 4.78 is 13.0. The van der Waals surface area contributed by atoms with E-state index in [1.807, 2.05) is 0 Å². The van der Waals surface area contributed by atoms with Crippen molar-refractivity contribution in [2.24, 2.45) is 17.8 Å². The summed E-state index contributed by atoms with van der Waals surface area (Å²) in [6.07, 6.45) is 5.17. The molecule has 1 N–H and O–H groups in total. The number of aromatic hydroxyl groups is 1. The molecule has 108 valence electrons. The van der Waals surface area contributed by atoms with E-state index in [-0.39, 0.29) is 17.2 Å². The molecule has 1 amide bonds. The number of fused-ring (bicyclic) bond motifs is 2. The third-order valence-corrected chi connectivity index (χ3v) is 4.93. The van der Waals surface area contributed by atoms with Gasteiger partial charge < -0.3 is 10.0 Å². The lowest BCUT2D eigenvalue weighted by Gasteiger charge is -2.27. The van der Waals surface area contributed by atoms with Crippen LogP contribution < -0.4 is 0 Å². The molecule has 0 heterocycles. The zero-order chi connectivity index (χ0) is 14.3. The Labute approximate surface area is 118 Å². The van der Waals surface area contributed by atoms with E-state index in [1.165, 1.54) is 37.8 Å². The minimum absolute atomic E-state index is 0.178. The minimum Gasteiger partial charge on any atom is -0.507 e. The van der Waals surface area contributed by atoms with Crippen LogP contribution in [0.15, 0.2) is 18.2 Å². The summed E-state index contributed by atoms with van der Waals surface area (Å²) in [6, 6.07) is 3.54. The molecule has 0 spiro atoms. The molecule has 2 aliphatic rings. The molecule has 3 unspecified atom stereocenters. The molecule has 1 aromatic rings. The molecular formula is C16H20FNO2. The van der Waals surface area contributed by atoms with Gasteiger partial charge in [-0.3, -0.25) is 4.79 Å². The SMILES string of the molecule is CN(CC1CC2CCC1C2)C(=O)c1ccc(F)cc1O. The molecule has 0 saturated heterocycles. The smallest absolute Gasteiger partial charge is 0.257 e. The molecule has 2 aliphatic carbocycles. The lowest BCUT2D eigenvalue weighted by Crippen LogP contribution is -2.33. The number of halogens is 1. The van der Waals surface area contributed by atoms with Crippen molar-refractivity contribution in [3.8, 4) is 5.75 Å². The van der Waals surface area contributed by atoms with E-state index in [9.17, 15) is 14.3 Å². The first-order valence-electron chi connectivity index (χ1n) is 7.28. The minimum atomic E-state index is -0.533. The number of hydrogen-bond acceptors (Lipinski definition) is 2. The van der Waals surface area contributed by atoms with Gasteiger partial charge in [-0.2, -0.15) is 0 Å². The predicted molar refractivity (Wildman–Crippen MR) is 74.0 cm³/mol. The zero-order valence-corrected chi connectivity index (χ0v) is 11.7. The fourth-order valence-corrected chi connectivity index (χ4v) is 3.93. The molecule has 3 rings (SSSR count). The third-order valence-electron chi connectivity index (χ3n) is 4.93. The molecule has 0 radical (unpaired) electrons. The standard InChI is InChI=1S/C16H20FNO2/c1-18(9-12-7-10-2-3-11(12)6-10)16(20)14-5-4-13(17)8-15(14)19/h4-5,8,10-12,19H,2-3,6-7,9H2,1H3. The van der Waals surface area contributed by atoms with E-state index in [1.54, 1.807) is 11.9 Å². The first-order chi connectivity index (χ1) is 9.54. The number of phenols is 1. The van der Waals surface area contributed by atoms with Gasteiger partial charge >= 0.3 is 0 Å². The summed E-state index contributed by atoms with van der Waals surface area (Å²) in [5, 5.41) is 9.69. The summed E-state index contributed by atoms with van der Waals surface area (Å²) in [4.78, 5) is 14.0. The Bertz CT molecular complexity index is 531. The van der Waals surface area contributed by atoms with Crippen LogP contribution in [0.3, 0.4) is 0 Å². The molecule has 2 bridgehead atoms. The van der Waals surface area contributed by atoms with E-state index < -0.39 is 5.82 Å². The molecule has 20 heavy (non-hydrogen) atoms. The van der Waals surface area contributed by atoms with E-state index in [0.717, 1.165) is 24.4 Å². The van der Waals surface area contributed by atoms with Crippen LogP contribution in [-0.4, -0.2) is 29.5 Å². The number of benzene rings is 1. The fourth-order valence-electron chi connectivity index (χ4n) is 3.93. The number of carbonyl (C=O) groups is 1. The quantitative estimate of drug-likeness (QED) is 0.922. The number of hydrogen-bond donors (Lipinski definition) is 1. The van der Waals surface area contributed by atoms with Gasteiger partial charge in [0.05, 0.1) is 5.56 Å². The lowest BCUT2D eigenvalue weighted by molar-refractivity contribution is 0.0751. The molecule has 0 aliphatic heterocycles. The highest BCUT2D eigenvalue weighted by Gasteiger charge is 2.40. The van der Waals surface area contributed by atoms with E-state index in [2.05, 4.69) is 0 Å². The molecule has 3 atom stereocenters. The van der Waals surface area contributed by atoms with E-state index >= 15 is 0 Å². The van der Waals surface area contributed by atoms with Crippen molar-refractivity contribution in [2.45, 2.75) is 25.7 Å². The first kappa shape index (κ1) is 13.4. The van der Waals surface area contributed by atoms with Crippen molar-refractivity contribution in [1.29, 1.82) is 0 Å². The van der Waals surface area contributed by atoms with E-state index in [4.69, 9.17) is 0 Å². The summed E-state index contributed by atoms with van der Waals surface area (Å²) in [5.41, 5.74) is 0.178. The van der Waals surface area contributed by atoms with Crippen LogP contribution in [0, 0.1) is 23.6 Å². The van der Waals surface area contributed by atoms with Crippen LogP contribution in [0.1, 0.15) is 36.0 Å². The maximum atomic E-state index is 13.0. The highest BCUT2D eigenvalue weighted by atomic mass is 19.1. The van der Waals surface area contributed by atoms with E-state index in [0.29, 0.717) is 5.92 Å². The van der Waals surface area contributed by atoms with Crippen molar-refractivity contribution < 1.29 is 14.3 Å². The van der Waals surface area contributed by atoms with Crippen LogP contribution in [-0.2, 0) is 0 Å². The van der Waals surface area contributed by atoms with Crippen LogP contribution >= 0.6 is 0 Å². The van der Waals surface area contributed by atoms with Crippen molar-refractivity contribution >= 4 is 5.91 Å². The van der Waals surface area contributed by atoms with Crippen LogP contribution in [0.5, 0.6) is 5.75 Å². The molecule has 0 aromatic heterocycles. The molecular weight excluding hydrogens is 257 g/mol. The Morgan fingerprint density at radius 1 is 1.40 bits per heavy atom. The average Bonchev–Trinajstić information content (AvgIpc) is 3.00. The Morgan fingerprint density at radius 3 is 2.80 bits per heavy atom. The monoisotopic (exact) mass is 277 g/mol. The number of phenolic OH excluding ortho intramolecular Hbond substituents is 1. The summed E-state index contributed by atoms with van der Waals surface area (Å²) >= 11 is 0. The van der Waals surface area contributed by atoms with Crippen molar-refractivity contribution in [1.82, 2.24) is 4.90 Å². The van der Waals surface area contributed by atoms with Gasteiger partial charge in [-0.25, -0.2) is 4.39 Å². The van der Waals surface area contributed by atoms with Crippen molar-refractivity contribution in [3.05, 3.63) is 29.6 Å². The van der Waals surface area contributed by atoms with Gasteiger partial charge in [0, 0.05) is 19.7 Å². The third kappa shape index (κ3) is 2.39. The Kier molecular flexibility index (Phi) is 3.40. The Morgan fingerprint density at radius 2 is 2.20 bits per heavy atom. The van der Waals surface area contributed by atoms with Gasteiger partial charge in [0.15, 0.2) is 0 Å². The molecule has 2 fully saturated rings. The Hall–Kier alpha value is -1.58. The van der Waals surface area contributed by atoms with Gasteiger partial charge in [-0.05, 0) is 49.1 Å². The fraction of sp³-hybridized carbons (Fsp3) is 0.562. The highest BCUT2D eigenvalue weighted by molar-refractivity contribution is 5.96. The molecule has 4 heteroatoms. The second-order valence-electron chi connectivity index (χ2n) is 6.28. The second-order valence-corrected chi connectivity index (χ2v) is 6.28. The second kappa shape index (κ2) is 5.08. The summed E-state index contributed by atoms with van der Waals surface area (Å²) in [7, 11) is 1.76. The average molecular weight is 277 g/mol. The van der Waals surface area contributed by atoms with Crippen LogP contribution in [0.4, 0.5) is 4.39 Å². The van der Waals surface area contributed by atoms with Gasteiger partial charge in [0.2, 0.25) is 0 Å². The summed E-state index contributed by atoms with van der Waals surface area (Å²) in [6.45, 7) is 0.733. The maximum absolute atomic E-state index is 13.0. The maximum Gasteiger partial charge on any atom is 0.257 e. The molecule has 2 saturated carbocycles. The van der Waals surface area contributed by atoms with Gasteiger partial charge in [-0.1, -0.05) is 6.42 Å². The number of nitrogens with zero attached hydrogens (tertiary/aromatic N) is 1. The highest BCUT2D eigenvalue weighted by Crippen LogP contribution is 2.48. The Balaban J connectivity index is 1.67. The number of amides is 1. The molecule has 1 aromatic carbocycles. The largest absolute Gasteiger partial charge is 0.507 e. The van der Waals surface area contributed by atoms with Crippen molar-refractivity contribution in [2.75, 3.05) is 13.6 Å². The first-order valence-corrected chi connectivity index (χ1v) is 7.28. The topological polar surface area (TPSA) is 40.5 Å². The van der Waals surface area contributed by atoms with Crippen LogP contribution in [0.25, 0.3) is 0 Å². The number of rotatable bonds is 3.